The topological polar surface area (TPSA) is 137 Å². The highest BCUT2D eigenvalue weighted by atomic mass is 32.2. The van der Waals surface area contributed by atoms with Gasteiger partial charge in [-0.3, -0.25) is 9.52 Å². The summed E-state index contributed by atoms with van der Waals surface area (Å²) in [6, 6.07) is 19.7. The van der Waals surface area contributed by atoms with Crippen molar-refractivity contribution in [3.05, 3.63) is 89.0 Å². The number of hydrogen-bond donors (Lipinski definition) is 5. The summed E-state index contributed by atoms with van der Waals surface area (Å²) in [5.41, 5.74) is 3.35. The van der Waals surface area contributed by atoms with E-state index in [4.69, 9.17) is 4.74 Å². The highest BCUT2D eigenvalue weighted by Gasteiger charge is 2.14. The molecule has 0 unspecified atom stereocenters. The third-order valence-corrected chi connectivity index (χ3v) is 6.52. The summed E-state index contributed by atoms with van der Waals surface area (Å²) in [4.78, 5) is 12.5. The number of ether oxygens (including phenoxy) is 1. The standard InChI is InChI=1S/C28H35N3O6S/c1-19(29-18-26(33)22-11-12-25(32)24(16-22)31-38(3,35)36)13-20-7-6-8-21(14-20)15-28(34)30-17-23-9-4-5-10-27(23)37-2/h4-12,14,16,19,26,29,31-33H,13,15,17-18H2,1-3H3,(H,30,34)/t19-,26-/m1/s1. The number of aliphatic hydroxyl groups excluding tert-OH is 1. The summed E-state index contributed by atoms with van der Waals surface area (Å²) in [7, 11) is -1.97. The van der Waals surface area contributed by atoms with Crippen LogP contribution >= 0.6 is 0 Å². The van der Waals surface area contributed by atoms with Gasteiger partial charge in [-0.25, -0.2) is 8.42 Å². The fourth-order valence-corrected chi connectivity index (χ4v) is 4.62. The molecule has 0 spiro atoms. The average molecular weight is 542 g/mol. The fraction of sp³-hybridized carbons (Fsp3) is 0.321. The van der Waals surface area contributed by atoms with Gasteiger partial charge < -0.3 is 25.6 Å². The molecule has 9 nitrogen and oxygen atoms in total. The van der Waals surface area contributed by atoms with E-state index < -0.39 is 16.1 Å². The number of para-hydroxylation sites is 1. The van der Waals surface area contributed by atoms with Crippen molar-refractivity contribution in [3.63, 3.8) is 0 Å². The number of phenols is 1. The largest absolute Gasteiger partial charge is 0.506 e. The molecule has 0 aliphatic carbocycles. The summed E-state index contributed by atoms with van der Waals surface area (Å²) in [5.74, 6) is 0.430. The second-order valence-electron chi connectivity index (χ2n) is 9.27. The maximum atomic E-state index is 12.5. The van der Waals surface area contributed by atoms with E-state index in [0.717, 1.165) is 28.7 Å². The normalized spacial score (nSPS) is 12.9. The first-order valence-electron chi connectivity index (χ1n) is 12.2. The number of methoxy groups -OCH3 is 1. The smallest absolute Gasteiger partial charge is 0.229 e. The zero-order valence-corrected chi connectivity index (χ0v) is 22.6. The molecule has 0 fully saturated rings. The van der Waals surface area contributed by atoms with Crippen molar-refractivity contribution in [1.82, 2.24) is 10.6 Å². The lowest BCUT2D eigenvalue weighted by Gasteiger charge is -2.19. The van der Waals surface area contributed by atoms with Crippen LogP contribution in [-0.2, 0) is 34.2 Å². The van der Waals surface area contributed by atoms with Crippen LogP contribution in [0.2, 0.25) is 0 Å². The number of hydrogen-bond acceptors (Lipinski definition) is 7. The lowest BCUT2D eigenvalue weighted by atomic mass is 10.0. The van der Waals surface area contributed by atoms with Gasteiger partial charge in [0.1, 0.15) is 11.5 Å². The van der Waals surface area contributed by atoms with Gasteiger partial charge in [-0.05, 0) is 48.2 Å². The number of benzene rings is 3. The van der Waals surface area contributed by atoms with Crippen LogP contribution in [0.1, 0.15) is 35.3 Å². The van der Waals surface area contributed by atoms with Crippen molar-refractivity contribution < 1.29 is 28.2 Å². The third-order valence-electron chi connectivity index (χ3n) is 5.93. The summed E-state index contributed by atoms with van der Waals surface area (Å²) in [6.07, 6.45) is 1.02. The van der Waals surface area contributed by atoms with Gasteiger partial charge in [0.25, 0.3) is 0 Å². The molecule has 0 saturated carbocycles. The Balaban J connectivity index is 1.51. The van der Waals surface area contributed by atoms with Crippen molar-refractivity contribution in [2.75, 3.05) is 24.6 Å². The van der Waals surface area contributed by atoms with E-state index in [1.165, 1.54) is 12.1 Å². The Morgan fingerprint density at radius 3 is 2.50 bits per heavy atom. The van der Waals surface area contributed by atoms with E-state index in [0.29, 0.717) is 18.5 Å². The van der Waals surface area contributed by atoms with E-state index in [1.54, 1.807) is 13.2 Å². The zero-order chi connectivity index (χ0) is 27.7. The maximum absolute atomic E-state index is 12.5. The molecule has 3 aromatic carbocycles. The minimum Gasteiger partial charge on any atom is -0.506 e. The number of nitrogens with one attached hydrogen (secondary N) is 3. The molecule has 0 bridgehead atoms. The van der Waals surface area contributed by atoms with Crippen molar-refractivity contribution >= 4 is 21.6 Å². The molecule has 10 heteroatoms. The number of carbonyl (C=O) groups is 1. The van der Waals surface area contributed by atoms with E-state index in [-0.39, 0.29) is 36.4 Å². The number of phenolic OH excluding ortho intramolecular Hbond substituents is 1. The van der Waals surface area contributed by atoms with E-state index in [9.17, 15) is 23.4 Å². The van der Waals surface area contributed by atoms with Crippen LogP contribution in [0.4, 0.5) is 5.69 Å². The molecule has 0 aliphatic heterocycles. The van der Waals surface area contributed by atoms with E-state index >= 15 is 0 Å². The molecule has 5 N–H and O–H groups in total. The summed E-state index contributed by atoms with van der Waals surface area (Å²) < 4.78 is 30.6. The predicted octanol–water partition coefficient (Wildman–Crippen LogP) is 2.89. The Morgan fingerprint density at radius 1 is 1.03 bits per heavy atom. The van der Waals surface area contributed by atoms with Gasteiger partial charge in [0.05, 0.1) is 31.6 Å². The molecule has 204 valence electrons. The number of sulfonamides is 1. The Labute approximate surface area is 223 Å². The monoisotopic (exact) mass is 541 g/mol. The molecule has 0 saturated heterocycles. The fourth-order valence-electron chi connectivity index (χ4n) is 4.06. The van der Waals surface area contributed by atoms with Crippen LogP contribution < -0.4 is 20.1 Å². The summed E-state index contributed by atoms with van der Waals surface area (Å²) in [6.45, 7) is 2.61. The lowest BCUT2D eigenvalue weighted by molar-refractivity contribution is -0.120. The van der Waals surface area contributed by atoms with Crippen molar-refractivity contribution in [1.29, 1.82) is 0 Å². The van der Waals surface area contributed by atoms with Crippen LogP contribution in [-0.4, -0.2) is 50.5 Å². The minimum atomic E-state index is -3.57. The van der Waals surface area contributed by atoms with Gasteiger partial charge in [-0.1, -0.05) is 48.5 Å². The number of aliphatic hydroxyl groups is 1. The lowest BCUT2D eigenvalue weighted by Crippen LogP contribution is -2.32. The molecule has 0 heterocycles. The van der Waals surface area contributed by atoms with Crippen molar-refractivity contribution in [3.8, 4) is 11.5 Å². The van der Waals surface area contributed by atoms with Crippen molar-refractivity contribution in [2.45, 2.75) is 38.5 Å². The first-order chi connectivity index (χ1) is 18.0. The number of carbonyl (C=O) groups excluding carboxylic acids is 1. The quantitative estimate of drug-likeness (QED) is 0.210. The van der Waals surface area contributed by atoms with Gasteiger partial charge >= 0.3 is 0 Å². The second kappa shape index (κ2) is 13.3. The predicted molar refractivity (Wildman–Crippen MR) is 148 cm³/mol. The molecule has 3 aromatic rings. The van der Waals surface area contributed by atoms with Crippen molar-refractivity contribution in [2.24, 2.45) is 0 Å². The Kier molecular flexibility index (Phi) is 10.1. The molecule has 0 radical (unpaired) electrons. The molecular formula is C28H35N3O6S. The number of anilines is 1. The van der Waals surface area contributed by atoms with Gasteiger partial charge in [0, 0.05) is 24.7 Å². The number of rotatable bonds is 13. The van der Waals surface area contributed by atoms with Crippen LogP contribution in [0, 0.1) is 0 Å². The Bertz CT molecular complexity index is 1350. The molecule has 0 aromatic heterocycles. The Hall–Kier alpha value is -3.60. The highest BCUT2D eigenvalue weighted by Crippen LogP contribution is 2.27. The first-order valence-corrected chi connectivity index (χ1v) is 14.1. The van der Waals surface area contributed by atoms with Gasteiger partial charge in [0.15, 0.2) is 0 Å². The van der Waals surface area contributed by atoms with E-state index in [1.807, 2.05) is 55.5 Å². The van der Waals surface area contributed by atoms with Crippen LogP contribution in [0.5, 0.6) is 11.5 Å². The average Bonchev–Trinajstić information content (AvgIpc) is 2.87. The second-order valence-corrected chi connectivity index (χ2v) is 11.0. The van der Waals surface area contributed by atoms with E-state index in [2.05, 4.69) is 15.4 Å². The molecule has 2 atom stereocenters. The maximum Gasteiger partial charge on any atom is 0.229 e. The van der Waals surface area contributed by atoms with Crippen LogP contribution in [0.3, 0.4) is 0 Å². The highest BCUT2D eigenvalue weighted by molar-refractivity contribution is 7.92. The van der Waals surface area contributed by atoms with Gasteiger partial charge in [0.2, 0.25) is 15.9 Å². The molecule has 0 aliphatic rings. The first kappa shape index (κ1) is 29.0. The van der Waals surface area contributed by atoms with Crippen LogP contribution in [0.25, 0.3) is 0 Å². The molecular weight excluding hydrogens is 506 g/mol. The third kappa shape index (κ3) is 9.05. The molecule has 38 heavy (non-hydrogen) atoms. The number of amides is 1. The molecule has 3 rings (SSSR count). The SMILES string of the molecule is COc1ccccc1CNC(=O)Cc1cccc(C[C@@H](C)NC[C@@H](O)c2ccc(O)c(NS(C)(=O)=O)c2)c1. The minimum absolute atomic E-state index is 0.0147. The molecule has 1 amide bonds. The zero-order valence-electron chi connectivity index (χ0n) is 21.8. The van der Waals surface area contributed by atoms with Gasteiger partial charge in [-0.2, -0.15) is 0 Å². The Morgan fingerprint density at radius 2 is 1.76 bits per heavy atom. The van der Waals surface area contributed by atoms with Crippen LogP contribution in [0.15, 0.2) is 66.7 Å². The summed E-state index contributed by atoms with van der Waals surface area (Å²) in [5, 5.41) is 26.7. The van der Waals surface area contributed by atoms with Gasteiger partial charge in [-0.15, -0.1) is 0 Å². The number of aromatic hydroxyl groups is 1. The summed E-state index contributed by atoms with van der Waals surface area (Å²) >= 11 is 0.